The Kier molecular flexibility index (Phi) is 8.99. The van der Waals surface area contributed by atoms with Crippen molar-refractivity contribution in [1.82, 2.24) is 29.1 Å². The number of pyridine rings is 1. The molecule has 0 amide bonds. The molecule has 42 heavy (non-hydrogen) atoms. The van der Waals surface area contributed by atoms with Crippen LogP contribution in [-0.2, 0) is 31.8 Å². The second-order valence-corrected chi connectivity index (χ2v) is 14.5. The maximum absolute atomic E-state index is 13.4. The van der Waals surface area contributed by atoms with Gasteiger partial charge in [0.15, 0.2) is 0 Å². The fourth-order valence-electron chi connectivity index (χ4n) is 5.30. The summed E-state index contributed by atoms with van der Waals surface area (Å²) in [6.45, 7) is 1.38. The van der Waals surface area contributed by atoms with Crippen LogP contribution >= 0.6 is 0 Å². The first-order chi connectivity index (χ1) is 20.0. The van der Waals surface area contributed by atoms with E-state index in [1.165, 1.54) is 29.7 Å². The monoisotopic (exact) mass is 620 g/mol. The van der Waals surface area contributed by atoms with Gasteiger partial charge in [-0.2, -0.15) is 9.40 Å². The van der Waals surface area contributed by atoms with Crippen molar-refractivity contribution in [2.24, 2.45) is 7.05 Å². The van der Waals surface area contributed by atoms with Crippen molar-refractivity contribution >= 4 is 20.0 Å². The van der Waals surface area contributed by atoms with Gasteiger partial charge in [-0.05, 0) is 44.5 Å². The number of aryl methyl sites for hydroxylation is 1. The van der Waals surface area contributed by atoms with E-state index in [2.05, 4.69) is 20.1 Å². The number of ether oxygens (including phenoxy) is 2. The van der Waals surface area contributed by atoms with Crippen LogP contribution in [0.2, 0.25) is 0 Å². The lowest BCUT2D eigenvalue weighted by Gasteiger charge is -2.38. The molecule has 0 saturated carbocycles. The second kappa shape index (κ2) is 12.4. The number of piperidine rings is 1. The molecule has 2 atom stereocenters. The van der Waals surface area contributed by atoms with E-state index >= 15 is 0 Å². The molecule has 0 bridgehead atoms. The number of rotatable bonds is 11. The fourth-order valence-corrected chi connectivity index (χ4v) is 7.49. The topological polar surface area (TPSA) is 165 Å². The first kappa shape index (κ1) is 30.5. The van der Waals surface area contributed by atoms with Gasteiger partial charge in [-0.3, -0.25) is 9.67 Å². The lowest BCUT2D eigenvalue weighted by Crippen LogP contribution is -2.47. The number of aliphatic hydroxyl groups excluding tert-OH is 1. The van der Waals surface area contributed by atoms with Gasteiger partial charge in [-0.25, -0.2) is 21.6 Å². The molecule has 3 N–H and O–H groups in total. The molecule has 15 heteroatoms. The summed E-state index contributed by atoms with van der Waals surface area (Å²) in [7, 11) is -4.18. The highest BCUT2D eigenvalue weighted by atomic mass is 32.2. The van der Waals surface area contributed by atoms with Crippen LogP contribution in [0.4, 0.5) is 0 Å². The van der Waals surface area contributed by atoms with Crippen LogP contribution in [0.5, 0.6) is 5.75 Å². The Balaban J connectivity index is 1.10. The molecule has 1 aromatic carbocycles. The first-order valence-electron chi connectivity index (χ1n) is 13.7. The Hall–Kier alpha value is -2.92. The van der Waals surface area contributed by atoms with Crippen LogP contribution in [0.1, 0.15) is 19.3 Å². The third-order valence-corrected chi connectivity index (χ3v) is 11.0. The van der Waals surface area contributed by atoms with Gasteiger partial charge in [-0.15, -0.1) is 0 Å². The molecule has 2 aromatic heterocycles. The van der Waals surface area contributed by atoms with E-state index in [9.17, 15) is 21.9 Å². The van der Waals surface area contributed by atoms with Gasteiger partial charge < -0.3 is 19.9 Å². The Morgan fingerprint density at radius 2 is 1.90 bits per heavy atom. The highest BCUT2D eigenvalue weighted by Crippen LogP contribution is 2.37. The summed E-state index contributed by atoms with van der Waals surface area (Å²) < 4.78 is 68.0. The van der Waals surface area contributed by atoms with Gasteiger partial charge in [-0.1, -0.05) is 6.07 Å². The molecule has 2 aliphatic rings. The van der Waals surface area contributed by atoms with Crippen LogP contribution in [-0.4, -0.2) is 98.7 Å². The van der Waals surface area contributed by atoms with Gasteiger partial charge in [0.1, 0.15) is 23.4 Å². The van der Waals surface area contributed by atoms with Crippen molar-refractivity contribution in [3.63, 3.8) is 0 Å². The molecule has 1 spiro atoms. The van der Waals surface area contributed by atoms with Gasteiger partial charge in [0.2, 0.25) is 20.0 Å². The van der Waals surface area contributed by atoms with E-state index in [0.29, 0.717) is 50.3 Å². The van der Waals surface area contributed by atoms with Crippen molar-refractivity contribution in [2.45, 2.75) is 46.8 Å². The van der Waals surface area contributed by atoms with E-state index in [1.807, 2.05) is 6.20 Å². The lowest BCUT2D eigenvalue weighted by atomic mass is 9.88. The van der Waals surface area contributed by atoms with Crippen molar-refractivity contribution in [3.05, 3.63) is 55.1 Å². The van der Waals surface area contributed by atoms with Crippen molar-refractivity contribution in [2.75, 3.05) is 39.9 Å². The number of sulfonamides is 2. The number of nitrogens with zero attached hydrogens (tertiary/aromatic N) is 4. The molecule has 2 saturated heterocycles. The summed E-state index contributed by atoms with van der Waals surface area (Å²) in [6.07, 6.45) is 7.50. The molecule has 5 rings (SSSR count). The molecule has 13 nitrogen and oxygen atoms in total. The fraction of sp³-hybridized carbons (Fsp3) is 0.481. The third-order valence-electron chi connectivity index (χ3n) is 7.70. The lowest BCUT2D eigenvalue weighted by molar-refractivity contribution is -0.0312. The van der Waals surface area contributed by atoms with Gasteiger partial charge in [0.25, 0.3) is 0 Å². The Morgan fingerprint density at radius 1 is 1.12 bits per heavy atom. The number of aliphatic hydroxyl groups is 1. The number of hydrogen-bond donors (Lipinski definition) is 3. The van der Waals surface area contributed by atoms with E-state index in [4.69, 9.17) is 9.47 Å². The predicted molar refractivity (Wildman–Crippen MR) is 154 cm³/mol. The molecular weight excluding hydrogens is 584 g/mol. The van der Waals surface area contributed by atoms with Crippen molar-refractivity contribution in [1.29, 1.82) is 0 Å². The Bertz CT molecular complexity index is 1600. The zero-order chi connectivity index (χ0) is 30.0. The highest BCUT2D eigenvalue weighted by Gasteiger charge is 2.44. The number of hydrogen-bond acceptors (Lipinski definition) is 10. The van der Waals surface area contributed by atoms with E-state index in [0.717, 1.165) is 5.56 Å². The molecule has 228 valence electrons. The molecule has 0 radical (unpaired) electrons. The zero-order valence-electron chi connectivity index (χ0n) is 23.5. The molecule has 0 aliphatic carbocycles. The molecule has 3 aromatic rings. The first-order valence-corrected chi connectivity index (χ1v) is 16.6. The molecular formula is C27H36N6O7S2. The van der Waals surface area contributed by atoms with Crippen LogP contribution in [0.15, 0.2) is 64.9 Å². The molecule has 4 heterocycles. The molecule has 1 unspecified atom stereocenters. The number of aromatic nitrogens is 3. The van der Waals surface area contributed by atoms with Crippen molar-refractivity contribution in [3.8, 4) is 16.9 Å². The second-order valence-electron chi connectivity index (χ2n) is 10.7. The smallest absolute Gasteiger partial charge is 0.244 e. The Morgan fingerprint density at radius 3 is 2.62 bits per heavy atom. The van der Waals surface area contributed by atoms with E-state index in [-0.39, 0.29) is 29.0 Å². The van der Waals surface area contributed by atoms with Crippen LogP contribution in [0, 0.1) is 0 Å². The van der Waals surface area contributed by atoms with Gasteiger partial charge >= 0.3 is 0 Å². The SMILES string of the molecule is CNS(=O)(=O)c1cccc(OC[C@@H](O)CNC2COC3(CCN(S(=O)(=O)c4cncc(-c5cnn(C)c5)c4)CC3)C2)c1. The summed E-state index contributed by atoms with van der Waals surface area (Å²) in [5.41, 5.74) is 1.07. The van der Waals surface area contributed by atoms with Gasteiger partial charge in [0.05, 0.1) is 23.3 Å². The maximum Gasteiger partial charge on any atom is 0.244 e. The van der Waals surface area contributed by atoms with Crippen molar-refractivity contribution < 1.29 is 31.4 Å². The Labute approximate surface area is 246 Å². The highest BCUT2D eigenvalue weighted by molar-refractivity contribution is 7.89. The average Bonchev–Trinajstić information content (AvgIpc) is 3.61. The average molecular weight is 621 g/mol. The quantitative estimate of drug-likeness (QED) is 0.278. The summed E-state index contributed by atoms with van der Waals surface area (Å²) in [6, 6.07) is 7.71. The molecule has 2 fully saturated rings. The largest absolute Gasteiger partial charge is 0.491 e. The minimum absolute atomic E-state index is 0.00673. The standard InChI is InChI=1S/C27H36N6O7S2/c1-28-41(35,36)25-5-3-4-24(11-25)39-19-23(34)15-30-22-12-27(40-18-22)6-8-33(9-7-27)42(37,38)26-10-20(13-29-16-26)21-14-31-32(2)17-21/h3-5,10-11,13-14,16-17,22-23,28,30,34H,6-9,12,15,18-19H2,1-2H3/t22?,23-/m0/s1. The maximum atomic E-state index is 13.4. The minimum atomic E-state index is -3.72. The van der Waals surface area contributed by atoms with Crippen LogP contribution < -0.4 is 14.8 Å². The van der Waals surface area contributed by atoms with E-state index in [1.54, 1.807) is 42.3 Å². The zero-order valence-corrected chi connectivity index (χ0v) is 25.1. The minimum Gasteiger partial charge on any atom is -0.491 e. The van der Waals surface area contributed by atoms with Crippen LogP contribution in [0.3, 0.4) is 0 Å². The summed E-state index contributed by atoms with van der Waals surface area (Å²) in [5, 5.41) is 17.9. The number of nitrogens with one attached hydrogen (secondary N) is 2. The normalized spacial score (nSPS) is 20.1. The summed E-state index contributed by atoms with van der Waals surface area (Å²) in [4.78, 5) is 4.39. The number of benzene rings is 1. The molecule has 2 aliphatic heterocycles. The predicted octanol–water partition coefficient (Wildman–Crippen LogP) is 0.732. The van der Waals surface area contributed by atoms with E-state index < -0.39 is 31.8 Å². The van der Waals surface area contributed by atoms with Gasteiger partial charge in [0, 0.05) is 68.5 Å². The van der Waals surface area contributed by atoms with Crippen LogP contribution in [0.25, 0.3) is 11.1 Å². The third kappa shape index (κ3) is 6.83. The summed E-state index contributed by atoms with van der Waals surface area (Å²) >= 11 is 0. The summed E-state index contributed by atoms with van der Waals surface area (Å²) in [5.74, 6) is 0.342.